The number of hydrogen-bond donors (Lipinski definition) is 1. The van der Waals surface area contributed by atoms with Crippen LogP contribution >= 0.6 is 27.5 Å². The SMILES string of the molecule is CCCc1ccc(OCC(=O)N/N=C/c2ccc(OCc3ccccc3Cl)c(OC)c2)c(Br)c1. The Morgan fingerprint density at radius 3 is 2.59 bits per heavy atom. The first-order valence-corrected chi connectivity index (χ1v) is 11.9. The standard InChI is InChI=1S/C26H26BrClN2O4/c1-3-6-18-9-11-23(21(27)13-18)34-17-26(31)30-29-15-19-10-12-24(25(14-19)32-2)33-16-20-7-4-5-8-22(20)28/h4-5,7-15H,3,6,16-17H2,1-2H3,(H,30,31)/b29-15+. The highest BCUT2D eigenvalue weighted by Gasteiger charge is 2.08. The van der Waals surface area contributed by atoms with Gasteiger partial charge in [-0.3, -0.25) is 4.79 Å². The molecule has 0 aromatic heterocycles. The number of benzene rings is 3. The van der Waals surface area contributed by atoms with Crippen molar-refractivity contribution in [3.8, 4) is 17.2 Å². The number of ether oxygens (including phenoxy) is 3. The molecule has 0 heterocycles. The van der Waals surface area contributed by atoms with Gasteiger partial charge in [0, 0.05) is 10.6 Å². The number of amides is 1. The summed E-state index contributed by atoms with van der Waals surface area (Å²) in [6, 6.07) is 18.7. The topological polar surface area (TPSA) is 69.2 Å². The van der Waals surface area contributed by atoms with Crippen LogP contribution in [0.4, 0.5) is 0 Å². The highest BCUT2D eigenvalue weighted by molar-refractivity contribution is 9.10. The van der Waals surface area contributed by atoms with Crippen LogP contribution in [-0.4, -0.2) is 25.8 Å². The van der Waals surface area contributed by atoms with Crippen LogP contribution in [0.25, 0.3) is 0 Å². The van der Waals surface area contributed by atoms with Crippen LogP contribution in [0, 0.1) is 0 Å². The number of nitrogens with zero attached hydrogens (tertiary/aromatic N) is 1. The summed E-state index contributed by atoms with van der Waals surface area (Å²) in [6.07, 6.45) is 3.58. The van der Waals surface area contributed by atoms with Crippen LogP contribution in [0.15, 0.2) is 70.2 Å². The first kappa shape index (κ1) is 25.6. The summed E-state index contributed by atoms with van der Waals surface area (Å²) in [5, 5.41) is 4.64. The van der Waals surface area contributed by atoms with Gasteiger partial charge >= 0.3 is 0 Å². The Morgan fingerprint density at radius 1 is 1.06 bits per heavy atom. The zero-order valence-corrected chi connectivity index (χ0v) is 21.4. The van der Waals surface area contributed by atoms with Crippen molar-refractivity contribution in [3.05, 3.63) is 86.8 Å². The van der Waals surface area contributed by atoms with Crippen molar-refractivity contribution in [1.29, 1.82) is 0 Å². The Balaban J connectivity index is 1.52. The first-order chi connectivity index (χ1) is 16.5. The summed E-state index contributed by atoms with van der Waals surface area (Å²) >= 11 is 9.66. The Labute approximate surface area is 213 Å². The summed E-state index contributed by atoms with van der Waals surface area (Å²) in [7, 11) is 1.56. The molecule has 0 fully saturated rings. The van der Waals surface area contributed by atoms with Crippen LogP contribution in [-0.2, 0) is 17.8 Å². The Morgan fingerprint density at radius 2 is 1.85 bits per heavy atom. The lowest BCUT2D eigenvalue weighted by molar-refractivity contribution is -0.123. The van der Waals surface area contributed by atoms with Crippen LogP contribution in [0.3, 0.4) is 0 Å². The second-order valence-electron chi connectivity index (χ2n) is 7.39. The number of hydrazone groups is 1. The molecule has 3 aromatic carbocycles. The van der Waals surface area contributed by atoms with E-state index in [4.69, 9.17) is 25.8 Å². The highest BCUT2D eigenvalue weighted by atomic mass is 79.9. The van der Waals surface area contributed by atoms with Gasteiger partial charge in [0.1, 0.15) is 12.4 Å². The van der Waals surface area contributed by atoms with E-state index in [1.54, 1.807) is 19.2 Å². The molecule has 1 N–H and O–H groups in total. The van der Waals surface area contributed by atoms with E-state index >= 15 is 0 Å². The molecule has 0 saturated heterocycles. The number of carbonyl (C=O) groups excluding carboxylic acids is 1. The molecular formula is C26H26BrClN2O4. The second kappa shape index (κ2) is 13.0. The van der Waals surface area contributed by atoms with E-state index in [0.717, 1.165) is 28.4 Å². The van der Waals surface area contributed by atoms with Crippen molar-refractivity contribution in [2.75, 3.05) is 13.7 Å². The normalized spacial score (nSPS) is 10.8. The molecule has 0 unspecified atom stereocenters. The van der Waals surface area contributed by atoms with Crippen LogP contribution < -0.4 is 19.6 Å². The van der Waals surface area contributed by atoms with E-state index in [1.165, 1.54) is 11.8 Å². The molecular weight excluding hydrogens is 520 g/mol. The summed E-state index contributed by atoms with van der Waals surface area (Å²) in [5.41, 5.74) is 5.29. The Bertz CT molecular complexity index is 1150. The number of aryl methyl sites for hydroxylation is 1. The molecule has 3 rings (SSSR count). The molecule has 0 aliphatic carbocycles. The predicted octanol–water partition coefficient (Wildman–Crippen LogP) is 6.17. The van der Waals surface area contributed by atoms with Gasteiger partial charge in [-0.15, -0.1) is 0 Å². The Kier molecular flexibility index (Phi) is 9.79. The maximum Gasteiger partial charge on any atom is 0.277 e. The van der Waals surface area contributed by atoms with E-state index in [1.807, 2.05) is 48.5 Å². The van der Waals surface area contributed by atoms with Crippen molar-refractivity contribution in [2.24, 2.45) is 5.10 Å². The van der Waals surface area contributed by atoms with Crippen LogP contribution in [0.1, 0.15) is 30.0 Å². The molecule has 0 saturated carbocycles. The fourth-order valence-corrected chi connectivity index (χ4v) is 3.85. The maximum absolute atomic E-state index is 12.1. The molecule has 0 radical (unpaired) electrons. The lowest BCUT2D eigenvalue weighted by atomic mass is 10.1. The molecule has 3 aromatic rings. The lowest BCUT2D eigenvalue weighted by Crippen LogP contribution is -2.24. The Hall–Kier alpha value is -3.03. The quantitative estimate of drug-likeness (QED) is 0.231. The summed E-state index contributed by atoms with van der Waals surface area (Å²) in [4.78, 5) is 12.1. The minimum absolute atomic E-state index is 0.152. The first-order valence-electron chi connectivity index (χ1n) is 10.8. The minimum atomic E-state index is -0.368. The third-order valence-electron chi connectivity index (χ3n) is 4.83. The van der Waals surface area contributed by atoms with Crippen LogP contribution in [0.5, 0.6) is 17.2 Å². The highest BCUT2D eigenvalue weighted by Crippen LogP contribution is 2.29. The van der Waals surface area contributed by atoms with Crippen molar-refractivity contribution < 1.29 is 19.0 Å². The average molecular weight is 546 g/mol. The fraction of sp³-hybridized carbons (Fsp3) is 0.231. The van der Waals surface area contributed by atoms with E-state index in [9.17, 15) is 4.79 Å². The molecule has 0 bridgehead atoms. The zero-order chi connectivity index (χ0) is 24.3. The number of carbonyl (C=O) groups is 1. The smallest absolute Gasteiger partial charge is 0.277 e. The van der Waals surface area contributed by atoms with Gasteiger partial charge in [-0.05, 0) is 69.9 Å². The molecule has 8 heteroatoms. The maximum atomic E-state index is 12.1. The van der Waals surface area contributed by atoms with Gasteiger partial charge < -0.3 is 14.2 Å². The summed E-state index contributed by atoms with van der Waals surface area (Å²) < 4.78 is 17.7. The van der Waals surface area contributed by atoms with E-state index in [2.05, 4.69) is 33.4 Å². The molecule has 1 amide bonds. The number of hydrogen-bond acceptors (Lipinski definition) is 5. The van der Waals surface area contributed by atoms with E-state index < -0.39 is 0 Å². The molecule has 0 atom stereocenters. The lowest BCUT2D eigenvalue weighted by Gasteiger charge is -2.12. The van der Waals surface area contributed by atoms with Crippen molar-refractivity contribution in [1.82, 2.24) is 5.43 Å². The monoisotopic (exact) mass is 544 g/mol. The van der Waals surface area contributed by atoms with Gasteiger partial charge in [-0.1, -0.05) is 49.2 Å². The summed E-state index contributed by atoms with van der Waals surface area (Å²) in [6.45, 7) is 2.29. The molecule has 0 spiro atoms. The zero-order valence-electron chi connectivity index (χ0n) is 19.0. The van der Waals surface area contributed by atoms with Gasteiger partial charge in [0.05, 0.1) is 17.8 Å². The van der Waals surface area contributed by atoms with Gasteiger partial charge in [0.2, 0.25) is 0 Å². The van der Waals surface area contributed by atoms with Gasteiger partial charge in [-0.25, -0.2) is 5.43 Å². The third kappa shape index (κ3) is 7.50. The predicted molar refractivity (Wildman–Crippen MR) is 138 cm³/mol. The second-order valence-corrected chi connectivity index (χ2v) is 8.65. The molecule has 0 aliphatic heterocycles. The fourth-order valence-electron chi connectivity index (χ4n) is 3.11. The number of halogens is 2. The third-order valence-corrected chi connectivity index (χ3v) is 5.81. The largest absolute Gasteiger partial charge is 0.493 e. The van der Waals surface area contributed by atoms with E-state index in [0.29, 0.717) is 28.9 Å². The number of rotatable bonds is 11. The van der Waals surface area contributed by atoms with Crippen molar-refractivity contribution in [2.45, 2.75) is 26.4 Å². The van der Waals surface area contributed by atoms with Crippen LogP contribution in [0.2, 0.25) is 5.02 Å². The number of methoxy groups -OCH3 is 1. The molecule has 6 nitrogen and oxygen atoms in total. The number of nitrogens with one attached hydrogen (secondary N) is 1. The average Bonchev–Trinajstić information content (AvgIpc) is 2.83. The van der Waals surface area contributed by atoms with E-state index in [-0.39, 0.29) is 12.5 Å². The van der Waals surface area contributed by atoms with Crippen molar-refractivity contribution in [3.63, 3.8) is 0 Å². The molecule has 178 valence electrons. The van der Waals surface area contributed by atoms with Gasteiger partial charge in [-0.2, -0.15) is 5.10 Å². The van der Waals surface area contributed by atoms with Gasteiger partial charge in [0.15, 0.2) is 18.1 Å². The minimum Gasteiger partial charge on any atom is -0.493 e. The molecule has 0 aliphatic rings. The van der Waals surface area contributed by atoms with Gasteiger partial charge in [0.25, 0.3) is 5.91 Å². The van der Waals surface area contributed by atoms with Crippen molar-refractivity contribution >= 4 is 39.7 Å². The molecule has 34 heavy (non-hydrogen) atoms. The summed E-state index contributed by atoms with van der Waals surface area (Å²) in [5.74, 6) is 1.36.